The number of rotatable bonds is 5. The van der Waals surface area contributed by atoms with Crippen LogP contribution < -0.4 is 4.90 Å². The van der Waals surface area contributed by atoms with Crippen molar-refractivity contribution in [3.63, 3.8) is 0 Å². The van der Waals surface area contributed by atoms with E-state index < -0.39 is 0 Å². The Morgan fingerprint density at radius 1 is 0.436 bits per heavy atom. The summed E-state index contributed by atoms with van der Waals surface area (Å²) in [4.78, 5) is 2.64. The number of hydrogen-bond acceptors (Lipinski definition) is 1. The Hall–Kier alpha value is -4.88. The van der Waals surface area contributed by atoms with E-state index in [0.29, 0.717) is 11.8 Å². The highest BCUT2D eigenvalue weighted by molar-refractivity contribution is 5.89. The second kappa shape index (κ2) is 12.1. The fraction of sp³-hybridized carbons (Fsp3) is 0.333. The normalized spacial score (nSPS) is 26.0. The first-order chi connectivity index (χ1) is 26.7. The van der Waals surface area contributed by atoms with Gasteiger partial charge in [0.2, 0.25) is 0 Å². The van der Waals surface area contributed by atoms with E-state index in [1.807, 2.05) is 0 Å². The minimum atomic E-state index is 0.0626. The summed E-state index contributed by atoms with van der Waals surface area (Å²) < 4.78 is 0. The summed E-state index contributed by atoms with van der Waals surface area (Å²) in [7, 11) is 0. The summed E-state index contributed by atoms with van der Waals surface area (Å²) in [6.45, 7) is 9.87. The Balaban J connectivity index is 1.13. The third-order valence-electron chi connectivity index (χ3n) is 15.3. The van der Waals surface area contributed by atoms with Gasteiger partial charge in [-0.2, -0.15) is 0 Å². The van der Waals surface area contributed by atoms with Gasteiger partial charge in [-0.15, -0.1) is 0 Å². The molecule has 0 radical (unpaired) electrons. The molecule has 1 nitrogen and oxygen atoms in total. The van der Waals surface area contributed by atoms with Gasteiger partial charge < -0.3 is 4.90 Å². The van der Waals surface area contributed by atoms with Crippen molar-refractivity contribution in [3.8, 4) is 33.4 Å². The highest BCUT2D eigenvalue weighted by Crippen LogP contribution is 2.70. The predicted octanol–water partition coefficient (Wildman–Crippen LogP) is 14.6. The molecule has 0 saturated heterocycles. The molecule has 12 rings (SSSR count). The van der Waals surface area contributed by atoms with Crippen molar-refractivity contribution in [1.29, 1.82) is 0 Å². The molecule has 6 aromatic rings. The lowest BCUT2D eigenvalue weighted by molar-refractivity contribution is -0.0399. The van der Waals surface area contributed by atoms with Gasteiger partial charge in [-0.05, 0) is 171 Å². The third-order valence-corrected chi connectivity index (χ3v) is 15.3. The molecule has 4 bridgehead atoms. The first-order valence-corrected chi connectivity index (χ1v) is 21.2. The first-order valence-electron chi connectivity index (χ1n) is 21.2. The summed E-state index contributed by atoms with van der Waals surface area (Å²) in [5.41, 5.74) is 18.5. The van der Waals surface area contributed by atoms with Crippen LogP contribution in [0.25, 0.3) is 33.4 Å². The van der Waals surface area contributed by atoms with Crippen LogP contribution in [0.1, 0.15) is 94.9 Å². The Kier molecular flexibility index (Phi) is 7.34. The molecule has 1 heteroatoms. The van der Waals surface area contributed by atoms with Crippen LogP contribution in [0, 0.1) is 23.7 Å². The molecule has 6 aromatic carbocycles. The molecule has 6 aliphatic rings. The summed E-state index contributed by atoms with van der Waals surface area (Å²) in [5.74, 6) is 3.21. The SMILES string of the molecule is CC1(C)CCC(C)(C)c2c(N(c3ccc(-c4ccccc4)cc3)c3ccc4c(c3)C3(c5cc(-c6ccccc6)ccc5-4)C4CC5CC(C4)CC3C5)cccc21. The van der Waals surface area contributed by atoms with Crippen LogP contribution in [-0.2, 0) is 16.2 Å². The summed E-state index contributed by atoms with van der Waals surface area (Å²) in [6.07, 6.45) is 9.38. The van der Waals surface area contributed by atoms with Gasteiger partial charge in [0, 0.05) is 16.8 Å². The number of anilines is 3. The van der Waals surface area contributed by atoms with Gasteiger partial charge in [0.15, 0.2) is 0 Å². The van der Waals surface area contributed by atoms with Crippen LogP contribution in [0.3, 0.4) is 0 Å². The third kappa shape index (κ3) is 4.97. The largest absolute Gasteiger partial charge is 0.310 e. The minimum Gasteiger partial charge on any atom is -0.310 e. The minimum absolute atomic E-state index is 0.0626. The van der Waals surface area contributed by atoms with E-state index in [0.717, 1.165) is 11.8 Å². The number of fused-ring (bicyclic) bond motifs is 4. The van der Waals surface area contributed by atoms with Crippen LogP contribution in [0.4, 0.5) is 17.1 Å². The second-order valence-corrected chi connectivity index (χ2v) is 19.2. The fourth-order valence-corrected chi connectivity index (χ4v) is 12.9. The summed E-state index contributed by atoms with van der Waals surface area (Å²) >= 11 is 0. The monoisotopic (exact) mass is 715 g/mol. The number of benzene rings is 6. The molecular weight excluding hydrogens is 663 g/mol. The molecule has 55 heavy (non-hydrogen) atoms. The predicted molar refractivity (Wildman–Crippen MR) is 231 cm³/mol. The van der Waals surface area contributed by atoms with Crippen LogP contribution in [-0.4, -0.2) is 0 Å². The highest BCUT2D eigenvalue weighted by atomic mass is 15.1. The Labute approximate surface area is 328 Å². The molecule has 4 fully saturated rings. The molecule has 6 aliphatic carbocycles. The van der Waals surface area contributed by atoms with E-state index in [2.05, 4.69) is 172 Å². The van der Waals surface area contributed by atoms with Gasteiger partial charge in [0.1, 0.15) is 0 Å². The summed E-state index contributed by atoms with van der Waals surface area (Å²) in [5, 5.41) is 0. The molecule has 4 saturated carbocycles. The molecule has 0 unspecified atom stereocenters. The lowest BCUT2D eigenvalue weighted by atomic mass is 9.43. The molecule has 0 N–H and O–H groups in total. The van der Waals surface area contributed by atoms with Crippen LogP contribution in [0.5, 0.6) is 0 Å². The zero-order chi connectivity index (χ0) is 37.1. The van der Waals surface area contributed by atoms with E-state index in [4.69, 9.17) is 0 Å². The van der Waals surface area contributed by atoms with Gasteiger partial charge in [-0.25, -0.2) is 0 Å². The maximum absolute atomic E-state index is 2.69. The van der Waals surface area contributed by atoms with Crippen LogP contribution >= 0.6 is 0 Å². The zero-order valence-electron chi connectivity index (χ0n) is 33.0. The van der Waals surface area contributed by atoms with E-state index in [1.165, 1.54) is 107 Å². The van der Waals surface area contributed by atoms with Crippen molar-refractivity contribution in [2.24, 2.45) is 23.7 Å². The van der Waals surface area contributed by atoms with E-state index in [1.54, 1.807) is 11.1 Å². The zero-order valence-corrected chi connectivity index (χ0v) is 33.0. The molecule has 1 spiro atoms. The summed E-state index contributed by atoms with van der Waals surface area (Å²) in [6, 6.07) is 53.6. The number of hydrogen-bond donors (Lipinski definition) is 0. The van der Waals surface area contributed by atoms with Crippen molar-refractivity contribution >= 4 is 17.1 Å². The average molecular weight is 716 g/mol. The van der Waals surface area contributed by atoms with Gasteiger partial charge in [0.05, 0.1) is 5.69 Å². The molecule has 0 atom stereocenters. The van der Waals surface area contributed by atoms with Gasteiger partial charge in [0.25, 0.3) is 0 Å². The van der Waals surface area contributed by atoms with Gasteiger partial charge in [-0.3, -0.25) is 0 Å². The van der Waals surface area contributed by atoms with E-state index >= 15 is 0 Å². The maximum Gasteiger partial charge on any atom is 0.0502 e. The van der Waals surface area contributed by atoms with Crippen molar-refractivity contribution in [2.45, 2.75) is 88.9 Å². The van der Waals surface area contributed by atoms with Crippen molar-refractivity contribution in [2.75, 3.05) is 4.90 Å². The maximum atomic E-state index is 2.69. The van der Waals surface area contributed by atoms with Crippen LogP contribution in [0.2, 0.25) is 0 Å². The number of nitrogens with zero attached hydrogens (tertiary/aromatic N) is 1. The molecular formula is C54H53N. The molecule has 0 amide bonds. The van der Waals surface area contributed by atoms with Crippen molar-refractivity contribution < 1.29 is 0 Å². The standard InChI is InChI=1S/C54H53N/c1-52(2)26-27-53(3,4)51-47(52)16-11-17-50(51)55(43-21-18-39(19-22-43)37-12-7-5-8-13-37)44-23-25-46-45-24-20-40(38-14-9-6-10-15-38)33-48(45)54(49(46)34-44)41-29-35-28-36(31-41)32-42(54)30-35/h5-25,33-36,41-42H,26-32H2,1-4H3. The fourth-order valence-electron chi connectivity index (χ4n) is 12.9. The average Bonchev–Trinajstić information content (AvgIpc) is 3.49. The smallest absolute Gasteiger partial charge is 0.0502 e. The Morgan fingerprint density at radius 3 is 1.62 bits per heavy atom. The van der Waals surface area contributed by atoms with Gasteiger partial charge >= 0.3 is 0 Å². The topological polar surface area (TPSA) is 3.24 Å². The lowest BCUT2D eigenvalue weighted by Crippen LogP contribution is -2.55. The van der Waals surface area contributed by atoms with Gasteiger partial charge in [-0.1, -0.05) is 131 Å². The molecule has 0 aromatic heterocycles. The van der Waals surface area contributed by atoms with Crippen LogP contribution in [0.15, 0.2) is 140 Å². The second-order valence-electron chi connectivity index (χ2n) is 19.2. The van der Waals surface area contributed by atoms with Crippen molar-refractivity contribution in [3.05, 3.63) is 162 Å². The molecule has 0 aliphatic heterocycles. The lowest BCUT2D eigenvalue weighted by Gasteiger charge is -2.61. The molecule has 274 valence electrons. The Bertz CT molecular complexity index is 2400. The van der Waals surface area contributed by atoms with Crippen molar-refractivity contribution in [1.82, 2.24) is 0 Å². The van der Waals surface area contributed by atoms with E-state index in [-0.39, 0.29) is 16.2 Å². The highest BCUT2D eigenvalue weighted by Gasteiger charge is 2.61. The first kappa shape index (κ1) is 33.5. The van der Waals surface area contributed by atoms with E-state index in [9.17, 15) is 0 Å². The quantitative estimate of drug-likeness (QED) is 0.172. The molecule has 0 heterocycles. The Morgan fingerprint density at radius 2 is 0.964 bits per heavy atom.